The third-order valence-corrected chi connectivity index (χ3v) is 5.36. The van der Waals surface area contributed by atoms with Gasteiger partial charge < -0.3 is 19.9 Å². The number of hydrogen-bond donors (Lipinski definition) is 1. The van der Waals surface area contributed by atoms with E-state index in [0.29, 0.717) is 34.3 Å². The lowest BCUT2D eigenvalue weighted by atomic mass is 9.83. The number of rotatable bonds is 6. The van der Waals surface area contributed by atoms with Gasteiger partial charge in [0.05, 0.1) is 18.1 Å². The standard InChI is InChI=1S/C26H21ClN2O4/c1-2-11-31-19-8-4-6-17(13-19)26(30)32-20-9-10-21-23(14-20)33-25(29)22(15-28)24(21)16-5-3-7-18(27)12-16/h3-10,12-14,24H,2,11,29H2,1H3. The molecular formula is C26H21ClN2O4. The van der Waals surface area contributed by atoms with Crippen molar-refractivity contribution in [2.24, 2.45) is 5.73 Å². The smallest absolute Gasteiger partial charge is 0.343 e. The molecule has 166 valence electrons. The van der Waals surface area contributed by atoms with Gasteiger partial charge in [-0.15, -0.1) is 0 Å². The molecule has 0 amide bonds. The van der Waals surface area contributed by atoms with Crippen LogP contribution in [0.2, 0.25) is 5.02 Å². The molecule has 1 unspecified atom stereocenters. The number of hydrogen-bond acceptors (Lipinski definition) is 6. The number of esters is 1. The van der Waals surface area contributed by atoms with Crippen molar-refractivity contribution in [3.8, 4) is 23.3 Å². The van der Waals surface area contributed by atoms with E-state index in [-0.39, 0.29) is 11.6 Å². The maximum absolute atomic E-state index is 12.7. The van der Waals surface area contributed by atoms with Crippen LogP contribution in [-0.2, 0) is 0 Å². The zero-order valence-electron chi connectivity index (χ0n) is 17.9. The summed E-state index contributed by atoms with van der Waals surface area (Å²) in [5.74, 6) is 0.319. The summed E-state index contributed by atoms with van der Waals surface area (Å²) in [7, 11) is 0. The number of ether oxygens (including phenoxy) is 3. The van der Waals surface area contributed by atoms with E-state index in [0.717, 1.165) is 17.5 Å². The van der Waals surface area contributed by atoms with Crippen molar-refractivity contribution in [1.29, 1.82) is 5.26 Å². The molecule has 0 bridgehead atoms. The Kier molecular flexibility index (Phi) is 6.53. The van der Waals surface area contributed by atoms with Crippen LogP contribution < -0.4 is 19.9 Å². The molecule has 1 aliphatic rings. The lowest BCUT2D eigenvalue weighted by Crippen LogP contribution is -2.21. The summed E-state index contributed by atoms with van der Waals surface area (Å²) in [6.45, 7) is 2.57. The van der Waals surface area contributed by atoms with Gasteiger partial charge in [0.2, 0.25) is 5.88 Å². The molecule has 0 fully saturated rings. The van der Waals surface area contributed by atoms with Crippen molar-refractivity contribution < 1.29 is 19.0 Å². The number of nitriles is 1. The molecule has 1 heterocycles. The summed E-state index contributed by atoms with van der Waals surface area (Å²) in [5, 5.41) is 10.2. The predicted octanol–water partition coefficient (Wildman–Crippen LogP) is 5.57. The second kappa shape index (κ2) is 9.68. The number of halogens is 1. The number of fused-ring (bicyclic) bond motifs is 1. The Morgan fingerprint density at radius 1 is 1.12 bits per heavy atom. The van der Waals surface area contributed by atoms with Crippen LogP contribution in [0, 0.1) is 11.3 Å². The summed E-state index contributed by atoms with van der Waals surface area (Å²) in [6.07, 6.45) is 0.866. The maximum Gasteiger partial charge on any atom is 0.343 e. The monoisotopic (exact) mass is 460 g/mol. The number of nitrogens with zero attached hydrogens (tertiary/aromatic N) is 1. The predicted molar refractivity (Wildman–Crippen MR) is 124 cm³/mol. The minimum atomic E-state index is -0.527. The van der Waals surface area contributed by atoms with Gasteiger partial charge in [0.15, 0.2) is 0 Å². The van der Waals surface area contributed by atoms with Gasteiger partial charge in [-0.2, -0.15) is 5.26 Å². The molecule has 2 N–H and O–H groups in total. The summed E-state index contributed by atoms with van der Waals surface area (Å²) in [4.78, 5) is 12.7. The molecule has 6 nitrogen and oxygen atoms in total. The Labute approximate surface area is 196 Å². The molecule has 1 atom stereocenters. The van der Waals surface area contributed by atoms with Crippen molar-refractivity contribution in [3.05, 3.63) is 99.9 Å². The Hall–Kier alpha value is -3.95. The van der Waals surface area contributed by atoms with E-state index in [9.17, 15) is 10.1 Å². The molecule has 3 aromatic carbocycles. The van der Waals surface area contributed by atoms with E-state index in [4.69, 9.17) is 31.5 Å². The summed E-state index contributed by atoms with van der Waals surface area (Å²) in [5.41, 5.74) is 8.23. The number of carbonyl (C=O) groups excluding carboxylic acids is 1. The molecule has 3 aromatic rings. The highest BCUT2D eigenvalue weighted by Crippen LogP contribution is 2.43. The van der Waals surface area contributed by atoms with Crippen LogP contribution in [0.15, 0.2) is 78.2 Å². The number of benzene rings is 3. The number of nitrogens with two attached hydrogens (primary N) is 1. The van der Waals surface area contributed by atoms with E-state index in [1.54, 1.807) is 54.6 Å². The van der Waals surface area contributed by atoms with Gasteiger partial charge in [-0.05, 0) is 48.4 Å². The number of carbonyl (C=O) groups is 1. The minimum absolute atomic E-state index is 0.000717. The van der Waals surface area contributed by atoms with Gasteiger partial charge in [0.1, 0.15) is 28.9 Å². The van der Waals surface area contributed by atoms with Crippen molar-refractivity contribution in [3.63, 3.8) is 0 Å². The van der Waals surface area contributed by atoms with Crippen LogP contribution in [0.5, 0.6) is 17.2 Å². The lowest BCUT2D eigenvalue weighted by Gasteiger charge is -2.26. The Morgan fingerprint density at radius 2 is 1.94 bits per heavy atom. The second-order valence-electron chi connectivity index (χ2n) is 7.45. The van der Waals surface area contributed by atoms with Gasteiger partial charge in [-0.3, -0.25) is 0 Å². The van der Waals surface area contributed by atoms with E-state index in [2.05, 4.69) is 6.07 Å². The fraction of sp³-hybridized carbons (Fsp3) is 0.154. The van der Waals surface area contributed by atoms with Crippen molar-refractivity contribution in [2.45, 2.75) is 19.3 Å². The first-order chi connectivity index (χ1) is 16.0. The van der Waals surface area contributed by atoms with Crippen molar-refractivity contribution in [1.82, 2.24) is 0 Å². The van der Waals surface area contributed by atoms with Gasteiger partial charge in [0, 0.05) is 16.7 Å². The first-order valence-electron chi connectivity index (χ1n) is 10.4. The summed E-state index contributed by atoms with van der Waals surface area (Å²) < 4.78 is 16.8. The first kappa shape index (κ1) is 22.3. The zero-order valence-corrected chi connectivity index (χ0v) is 18.6. The Bertz CT molecular complexity index is 1280. The van der Waals surface area contributed by atoms with Crippen molar-refractivity contribution in [2.75, 3.05) is 6.61 Å². The largest absolute Gasteiger partial charge is 0.494 e. The normalized spacial score (nSPS) is 14.6. The molecule has 0 aliphatic carbocycles. The minimum Gasteiger partial charge on any atom is -0.494 e. The van der Waals surface area contributed by atoms with Crippen LogP contribution in [0.1, 0.15) is 40.7 Å². The Balaban J connectivity index is 1.62. The maximum atomic E-state index is 12.7. The van der Waals surface area contributed by atoms with Crippen LogP contribution in [-0.4, -0.2) is 12.6 Å². The third-order valence-electron chi connectivity index (χ3n) is 5.13. The molecule has 0 aromatic heterocycles. The molecule has 33 heavy (non-hydrogen) atoms. The topological polar surface area (TPSA) is 94.6 Å². The van der Waals surface area contributed by atoms with Crippen LogP contribution in [0.3, 0.4) is 0 Å². The second-order valence-corrected chi connectivity index (χ2v) is 7.88. The van der Waals surface area contributed by atoms with Crippen LogP contribution in [0.25, 0.3) is 0 Å². The van der Waals surface area contributed by atoms with E-state index in [1.807, 2.05) is 19.1 Å². The van der Waals surface area contributed by atoms with E-state index >= 15 is 0 Å². The average molecular weight is 461 g/mol. The molecular weight excluding hydrogens is 440 g/mol. The fourth-order valence-electron chi connectivity index (χ4n) is 3.63. The molecule has 0 radical (unpaired) electrons. The fourth-order valence-corrected chi connectivity index (χ4v) is 3.83. The molecule has 0 spiro atoms. The van der Waals surface area contributed by atoms with E-state index in [1.165, 1.54) is 0 Å². The Morgan fingerprint density at radius 3 is 2.70 bits per heavy atom. The van der Waals surface area contributed by atoms with Gasteiger partial charge in [-0.25, -0.2) is 4.79 Å². The highest BCUT2D eigenvalue weighted by Gasteiger charge is 2.31. The number of allylic oxidation sites excluding steroid dienone is 1. The molecule has 1 aliphatic heterocycles. The highest BCUT2D eigenvalue weighted by atomic mass is 35.5. The SMILES string of the molecule is CCCOc1cccc(C(=O)Oc2ccc3c(c2)OC(N)=C(C#N)C3c2cccc(Cl)c2)c1. The zero-order chi connectivity index (χ0) is 23.4. The summed E-state index contributed by atoms with van der Waals surface area (Å²) in [6, 6.07) is 21.2. The molecule has 7 heteroatoms. The van der Waals surface area contributed by atoms with Gasteiger partial charge in [0.25, 0.3) is 0 Å². The van der Waals surface area contributed by atoms with Crippen LogP contribution >= 0.6 is 11.6 Å². The van der Waals surface area contributed by atoms with Gasteiger partial charge in [-0.1, -0.05) is 42.8 Å². The molecule has 0 saturated carbocycles. The molecule has 4 rings (SSSR count). The summed E-state index contributed by atoms with van der Waals surface area (Å²) >= 11 is 6.17. The van der Waals surface area contributed by atoms with Gasteiger partial charge >= 0.3 is 5.97 Å². The molecule has 0 saturated heterocycles. The average Bonchev–Trinajstić information content (AvgIpc) is 2.82. The van der Waals surface area contributed by atoms with Crippen LogP contribution in [0.4, 0.5) is 0 Å². The van der Waals surface area contributed by atoms with E-state index < -0.39 is 11.9 Å². The lowest BCUT2D eigenvalue weighted by molar-refractivity contribution is 0.0734. The third kappa shape index (κ3) is 4.79. The van der Waals surface area contributed by atoms with Crippen molar-refractivity contribution >= 4 is 17.6 Å². The first-order valence-corrected chi connectivity index (χ1v) is 10.8. The highest BCUT2D eigenvalue weighted by molar-refractivity contribution is 6.30. The quantitative estimate of drug-likeness (QED) is 0.382.